The predicted molar refractivity (Wildman–Crippen MR) is 144 cm³/mol. The number of phosphoric acid groups is 3. The van der Waals surface area contributed by atoms with Crippen molar-refractivity contribution in [3.63, 3.8) is 0 Å². The summed E-state index contributed by atoms with van der Waals surface area (Å²) in [5.41, 5.74) is 6.19. The summed E-state index contributed by atoms with van der Waals surface area (Å²) in [5.74, 6) is -0.137. The lowest BCUT2D eigenvalue weighted by Gasteiger charge is -2.21. The number of hydrogen-bond acceptors (Lipinski definition) is 16. The molecule has 43 heavy (non-hydrogen) atoms. The molecule has 0 amide bonds. The Labute approximate surface area is 247 Å². The molecule has 1 aromatic carbocycles. The third-order valence-electron chi connectivity index (χ3n) is 5.72. The van der Waals surface area contributed by atoms with E-state index in [1.807, 2.05) is 0 Å². The summed E-state index contributed by atoms with van der Waals surface area (Å²) in [6.45, 7) is -0.750. The maximum Gasteiger partial charge on any atom is 0.490 e. The summed E-state index contributed by atoms with van der Waals surface area (Å²) in [4.78, 5) is 45.6. The van der Waals surface area contributed by atoms with Gasteiger partial charge in [-0.2, -0.15) is 8.62 Å². The van der Waals surface area contributed by atoms with Gasteiger partial charge in [0.05, 0.1) is 22.0 Å². The number of phenolic OH excluding ortho intramolecular Hbond substituents is 1. The number of rotatable bonds is 10. The number of fused-ring (bicyclic) bond motifs is 2. The largest absolute Gasteiger partial charge is 0.507 e. The van der Waals surface area contributed by atoms with E-state index in [1.54, 1.807) is 12.1 Å². The van der Waals surface area contributed by atoms with E-state index in [-0.39, 0.29) is 38.4 Å². The van der Waals surface area contributed by atoms with E-state index in [2.05, 4.69) is 53.5 Å². The van der Waals surface area contributed by atoms with Crippen molar-refractivity contribution < 1.29 is 66.1 Å². The Morgan fingerprint density at radius 1 is 0.953 bits per heavy atom. The number of ether oxygens (including phenoxy) is 1. The van der Waals surface area contributed by atoms with Gasteiger partial charge in [0.15, 0.2) is 24.0 Å². The van der Waals surface area contributed by atoms with Crippen LogP contribution in [-0.2, 0) is 42.7 Å². The molecular weight excluding hydrogens is 709 g/mol. The Bertz CT molecular complexity index is 1850. The molecule has 0 radical (unpaired) electrons. The van der Waals surface area contributed by atoms with Crippen LogP contribution in [0.2, 0.25) is 0 Å². The van der Waals surface area contributed by atoms with E-state index in [9.17, 15) is 43.7 Å². The van der Waals surface area contributed by atoms with E-state index in [0.717, 1.165) is 17.2 Å². The van der Waals surface area contributed by atoms with Crippen LogP contribution in [0.4, 0.5) is 5.82 Å². The molecule has 0 aliphatic carbocycles. The molecular formula is C19H20BrN6O14P3. The molecule has 0 bridgehead atoms. The highest BCUT2D eigenvalue weighted by Crippen LogP contribution is 2.68. The van der Waals surface area contributed by atoms with Gasteiger partial charge in [-0.1, -0.05) is 6.07 Å². The zero-order chi connectivity index (χ0) is 31.3. The van der Waals surface area contributed by atoms with Crippen LogP contribution in [0.15, 0.2) is 41.4 Å². The van der Waals surface area contributed by atoms with Gasteiger partial charge in [-0.25, -0.2) is 33.6 Å². The summed E-state index contributed by atoms with van der Waals surface area (Å²) >= 11 is 3.15. The number of aromatic hydroxyl groups is 1. The van der Waals surface area contributed by atoms with E-state index in [1.165, 1.54) is 12.1 Å². The second-order valence-corrected chi connectivity index (χ2v) is 14.1. The lowest BCUT2D eigenvalue weighted by atomic mass is 10.2. The number of hydrogen-bond donors (Lipinski definition) is 7. The Hall–Kier alpha value is -2.45. The number of nitrogens with zero attached hydrogens (tertiary/aromatic N) is 5. The number of phosphoric ester groups is 2. The number of aromatic nitrogens is 5. The van der Waals surface area contributed by atoms with Gasteiger partial charge >= 0.3 is 23.5 Å². The molecule has 5 unspecified atom stereocenters. The molecule has 1 saturated heterocycles. The van der Waals surface area contributed by atoms with Crippen LogP contribution < -0.4 is 5.73 Å². The summed E-state index contributed by atoms with van der Waals surface area (Å²) in [6, 6.07) is 5.91. The smallest absolute Gasteiger partial charge is 0.490 e. The Morgan fingerprint density at radius 3 is 2.40 bits per heavy atom. The first kappa shape index (κ1) is 32.0. The molecule has 232 valence electrons. The molecule has 1 fully saturated rings. The number of nitrogen functional groups attached to an aromatic ring is 1. The second kappa shape index (κ2) is 11.8. The van der Waals surface area contributed by atoms with Gasteiger partial charge in [-0.3, -0.25) is 13.6 Å². The molecule has 1 aliphatic rings. The van der Waals surface area contributed by atoms with E-state index >= 15 is 0 Å². The number of anilines is 1. The Balaban J connectivity index is 1.22. The molecule has 1 aliphatic heterocycles. The van der Waals surface area contributed by atoms with Gasteiger partial charge in [0.1, 0.15) is 36.4 Å². The molecule has 4 heterocycles. The molecule has 0 spiro atoms. The highest BCUT2D eigenvalue weighted by Gasteiger charge is 2.50. The molecule has 24 heteroatoms. The molecule has 0 saturated carbocycles. The third-order valence-corrected chi connectivity index (χ3v) is 10.7. The molecule has 8 N–H and O–H groups in total. The SMILES string of the molecule is Nc1ncnc2c1ncn2[C@@H]1O[C@H](OP(=O)(O)OP(=O)(O)OP(=O)(O)OCc2ccc3ccc(O)c(Br)c3n2)C(O)C1O. The van der Waals surface area contributed by atoms with Crippen LogP contribution in [0.3, 0.4) is 0 Å². The van der Waals surface area contributed by atoms with Crippen LogP contribution in [0.25, 0.3) is 22.1 Å². The van der Waals surface area contributed by atoms with Gasteiger partial charge in [-0.15, -0.1) is 0 Å². The first-order valence-electron chi connectivity index (χ1n) is 11.5. The molecule has 20 nitrogen and oxygen atoms in total. The van der Waals surface area contributed by atoms with Crippen molar-refractivity contribution in [1.82, 2.24) is 24.5 Å². The quantitative estimate of drug-likeness (QED) is 0.114. The van der Waals surface area contributed by atoms with E-state index in [4.69, 9.17) is 10.5 Å². The van der Waals surface area contributed by atoms with Crippen molar-refractivity contribution in [2.75, 3.05) is 5.73 Å². The zero-order valence-corrected chi connectivity index (χ0v) is 25.2. The summed E-state index contributed by atoms with van der Waals surface area (Å²) in [5, 5.41) is 31.1. The Morgan fingerprint density at radius 2 is 1.65 bits per heavy atom. The fourth-order valence-electron chi connectivity index (χ4n) is 3.86. The maximum absolute atomic E-state index is 12.5. The zero-order valence-electron chi connectivity index (χ0n) is 21.0. The van der Waals surface area contributed by atoms with Crippen molar-refractivity contribution >= 4 is 67.3 Å². The summed E-state index contributed by atoms with van der Waals surface area (Å²) in [7, 11) is -17.1. The standard InChI is InChI=1S/C19H20BrN6O14P3/c20-11-10(27)4-2-8-1-3-9(25-12(8)11)5-36-41(30,31)39-43(34,35)40-42(32,33)38-19-15(29)14(28)18(37-19)26-7-24-13-16(21)22-6-23-17(13)26/h1-4,6-7,14-15,18-19,27-29H,5H2,(H,30,31)(H,32,33)(H,34,35)(H2,21,22,23)/t14?,15?,18-,19-/m1/s1. The van der Waals surface area contributed by atoms with Crippen molar-refractivity contribution in [2.24, 2.45) is 0 Å². The molecule has 5 rings (SSSR count). The van der Waals surface area contributed by atoms with E-state index < -0.39 is 54.8 Å². The fraction of sp³-hybridized carbons (Fsp3) is 0.263. The van der Waals surface area contributed by atoms with Crippen LogP contribution in [0.5, 0.6) is 5.75 Å². The molecule has 4 aromatic rings. The number of benzene rings is 1. The maximum atomic E-state index is 12.5. The third kappa shape index (κ3) is 6.95. The van der Waals surface area contributed by atoms with Crippen LogP contribution in [0, 0.1) is 0 Å². The second-order valence-electron chi connectivity index (χ2n) is 8.68. The van der Waals surface area contributed by atoms with Gasteiger partial charge in [0.2, 0.25) is 0 Å². The van der Waals surface area contributed by atoms with Crippen LogP contribution in [-0.4, -0.2) is 73.0 Å². The first-order valence-corrected chi connectivity index (χ1v) is 16.8. The average Bonchev–Trinajstić information content (AvgIpc) is 3.45. The number of pyridine rings is 1. The molecule has 7 atom stereocenters. The van der Waals surface area contributed by atoms with Crippen LogP contribution >= 0.6 is 39.4 Å². The minimum Gasteiger partial charge on any atom is -0.507 e. The van der Waals surface area contributed by atoms with E-state index in [0.29, 0.717) is 5.39 Å². The number of halogens is 1. The summed E-state index contributed by atoms with van der Waals surface area (Å²) < 4.78 is 61.0. The first-order chi connectivity index (χ1) is 20.1. The normalized spacial score (nSPS) is 25.0. The number of imidazole rings is 1. The Kier molecular flexibility index (Phi) is 8.78. The van der Waals surface area contributed by atoms with Crippen LogP contribution in [0.1, 0.15) is 11.9 Å². The summed E-state index contributed by atoms with van der Waals surface area (Å²) in [6.07, 6.45) is -5.26. The van der Waals surface area contributed by atoms with Gasteiger partial charge in [0, 0.05) is 5.39 Å². The number of phenols is 1. The lowest BCUT2D eigenvalue weighted by Crippen LogP contribution is -2.32. The van der Waals surface area contributed by atoms with Gasteiger partial charge in [-0.05, 0) is 34.1 Å². The topological polar surface area (TPSA) is 301 Å². The number of aliphatic hydroxyl groups is 2. The number of aliphatic hydroxyl groups excluding tert-OH is 2. The van der Waals surface area contributed by atoms with Gasteiger partial charge in [0.25, 0.3) is 0 Å². The minimum absolute atomic E-state index is 0.0106. The van der Waals surface area contributed by atoms with Crippen molar-refractivity contribution in [1.29, 1.82) is 0 Å². The monoisotopic (exact) mass is 728 g/mol. The van der Waals surface area contributed by atoms with Crippen molar-refractivity contribution in [3.05, 3.63) is 47.1 Å². The van der Waals surface area contributed by atoms with Crippen molar-refractivity contribution in [2.45, 2.75) is 31.3 Å². The predicted octanol–water partition coefficient (Wildman–Crippen LogP) is 1.57. The fourth-order valence-corrected chi connectivity index (χ4v) is 7.86. The molecule has 3 aromatic heterocycles. The minimum atomic E-state index is -5.89. The highest BCUT2D eigenvalue weighted by molar-refractivity contribution is 9.10. The average molecular weight is 729 g/mol. The van der Waals surface area contributed by atoms with Crippen molar-refractivity contribution in [3.8, 4) is 5.75 Å². The van der Waals surface area contributed by atoms with Gasteiger partial charge < -0.3 is 40.5 Å². The lowest BCUT2D eigenvalue weighted by molar-refractivity contribution is -0.133. The highest BCUT2D eigenvalue weighted by atomic mass is 79.9. The number of nitrogens with two attached hydrogens (primary N) is 1.